The van der Waals surface area contributed by atoms with Gasteiger partial charge in [0.05, 0.1) is 11.9 Å². The summed E-state index contributed by atoms with van der Waals surface area (Å²) in [5.74, 6) is 1.66. The van der Waals surface area contributed by atoms with Crippen molar-refractivity contribution in [3.05, 3.63) is 36.5 Å². The Morgan fingerprint density at radius 1 is 1.24 bits per heavy atom. The summed E-state index contributed by atoms with van der Waals surface area (Å²) in [6, 6.07) is 3.63. The molecule has 7 heteroatoms. The molecule has 1 fully saturated rings. The Hall–Kier alpha value is -2.70. The zero-order chi connectivity index (χ0) is 17.6. The Balaban J connectivity index is 1.45. The molecule has 0 saturated heterocycles. The molecule has 1 aliphatic rings. The molecule has 0 spiro atoms. The number of anilines is 1. The Morgan fingerprint density at radius 2 is 2.04 bits per heavy atom. The standard InChI is InChI=1S/C18H23N5O2/c1-13-19-10-11-23(13)16-7-6-15(12-21-16)22-17(24)8-9-20-18(25)14-4-2-3-5-14/h6-7,10-12,14H,2-5,8-9H2,1H3,(H,20,25)(H,22,24). The second-order valence-corrected chi connectivity index (χ2v) is 6.32. The number of nitrogens with one attached hydrogen (secondary N) is 2. The molecular formula is C18H23N5O2. The van der Waals surface area contributed by atoms with Crippen LogP contribution < -0.4 is 10.6 Å². The van der Waals surface area contributed by atoms with Gasteiger partial charge in [0, 0.05) is 31.3 Å². The minimum absolute atomic E-state index is 0.0759. The van der Waals surface area contributed by atoms with Crippen molar-refractivity contribution in [2.75, 3.05) is 11.9 Å². The Labute approximate surface area is 146 Å². The molecule has 2 aromatic rings. The lowest BCUT2D eigenvalue weighted by atomic mass is 10.1. The van der Waals surface area contributed by atoms with Gasteiger partial charge >= 0.3 is 0 Å². The lowest BCUT2D eigenvalue weighted by Gasteiger charge is -2.10. The highest BCUT2D eigenvalue weighted by Crippen LogP contribution is 2.24. The molecule has 2 aromatic heterocycles. The first-order valence-corrected chi connectivity index (χ1v) is 8.67. The van der Waals surface area contributed by atoms with E-state index in [1.54, 1.807) is 18.5 Å². The number of carbonyl (C=O) groups excluding carboxylic acids is 2. The van der Waals surface area contributed by atoms with Gasteiger partial charge in [-0.15, -0.1) is 0 Å². The first-order chi connectivity index (χ1) is 12.1. The molecule has 25 heavy (non-hydrogen) atoms. The van der Waals surface area contributed by atoms with Crippen LogP contribution in [0.25, 0.3) is 5.82 Å². The van der Waals surface area contributed by atoms with Crippen molar-refractivity contribution < 1.29 is 9.59 Å². The number of pyridine rings is 1. The second kappa shape index (κ2) is 7.92. The van der Waals surface area contributed by atoms with Gasteiger partial charge in [-0.05, 0) is 31.9 Å². The third-order valence-corrected chi connectivity index (χ3v) is 4.48. The van der Waals surface area contributed by atoms with E-state index in [0.717, 1.165) is 37.3 Å². The van der Waals surface area contributed by atoms with Crippen LogP contribution in [-0.2, 0) is 9.59 Å². The molecule has 0 bridgehead atoms. The number of carbonyl (C=O) groups is 2. The summed E-state index contributed by atoms with van der Waals surface area (Å²) in [6.45, 7) is 2.26. The first kappa shape index (κ1) is 17.1. The highest BCUT2D eigenvalue weighted by molar-refractivity contribution is 5.91. The van der Waals surface area contributed by atoms with Gasteiger partial charge in [0.25, 0.3) is 0 Å². The van der Waals surface area contributed by atoms with Gasteiger partial charge in [-0.2, -0.15) is 0 Å². The van der Waals surface area contributed by atoms with Crippen LogP contribution in [0.1, 0.15) is 37.9 Å². The largest absolute Gasteiger partial charge is 0.355 e. The number of hydrogen-bond donors (Lipinski definition) is 2. The number of aryl methyl sites for hydroxylation is 1. The van der Waals surface area contributed by atoms with E-state index in [-0.39, 0.29) is 24.2 Å². The zero-order valence-electron chi connectivity index (χ0n) is 14.4. The van der Waals surface area contributed by atoms with Crippen molar-refractivity contribution in [1.82, 2.24) is 19.9 Å². The van der Waals surface area contributed by atoms with Gasteiger partial charge in [0.15, 0.2) is 0 Å². The predicted molar refractivity (Wildman–Crippen MR) is 94.3 cm³/mol. The predicted octanol–water partition coefficient (Wildman–Crippen LogP) is 2.21. The average molecular weight is 341 g/mol. The number of imidazole rings is 1. The molecule has 2 heterocycles. The van der Waals surface area contributed by atoms with E-state index in [1.165, 1.54) is 0 Å². The number of rotatable bonds is 6. The van der Waals surface area contributed by atoms with Crippen molar-refractivity contribution in [2.24, 2.45) is 5.92 Å². The summed E-state index contributed by atoms with van der Waals surface area (Å²) in [4.78, 5) is 32.4. The number of aromatic nitrogens is 3. The van der Waals surface area contributed by atoms with E-state index in [9.17, 15) is 9.59 Å². The zero-order valence-corrected chi connectivity index (χ0v) is 14.4. The van der Waals surface area contributed by atoms with Gasteiger partial charge in [-0.25, -0.2) is 9.97 Å². The van der Waals surface area contributed by atoms with Crippen molar-refractivity contribution in [3.8, 4) is 5.82 Å². The van der Waals surface area contributed by atoms with E-state index < -0.39 is 0 Å². The Morgan fingerprint density at radius 3 is 2.68 bits per heavy atom. The lowest BCUT2D eigenvalue weighted by Crippen LogP contribution is -2.32. The van der Waals surface area contributed by atoms with Gasteiger partial charge < -0.3 is 10.6 Å². The van der Waals surface area contributed by atoms with E-state index in [0.29, 0.717) is 12.2 Å². The Kier molecular flexibility index (Phi) is 5.42. The molecular weight excluding hydrogens is 318 g/mol. The number of nitrogens with zero attached hydrogens (tertiary/aromatic N) is 3. The first-order valence-electron chi connectivity index (χ1n) is 8.67. The maximum Gasteiger partial charge on any atom is 0.226 e. The summed E-state index contributed by atoms with van der Waals surface area (Å²) in [5, 5.41) is 5.64. The van der Waals surface area contributed by atoms with Crippen molar-refractivity contribution >= 4 is 17.5 Å². The van der Waals surface area contributed by atoms with Crippen LogP contribution in [0.15, 0.2) is 30.7 Å². The fourth-order valence-electron chi connectivity index (χ4n) is 3.08. The van der Waals surface area contributed by atoms with E-state index >= 15 is 0 Å². The third-order valence-electron chi connectivity index (χ3n) is 4.48. The fraction of sp³-hybridized carbons (Fsp3) is 0.444. The molecule has 1 aliphatic carbocycles. The Bertz CT molecular complexity index is 732. The molecule has 0 aromatic carbocycles. The van der Waals surface area contributed by atoms with Crippen LogP contribution >= 0.6 is 0 Å². The van der Waals surface area contributed by atoms with Gasteiger partial charge in [0.2, 0.25) is 11.8 Å². The maximum atomic E-state index is 12.0. The highest BCUT2D eigenvalue weighted by Gasteiger charge is 2.22. The molecule has 0 unspecified atom stereocenters. The topological polar surface area (TPSA) is 88.9 Å². The normalized spacial score (nSPS) is 14.4. The van der Waals surface area contributed by atoms with Crippen molar-refractivity contribution in [2.45, 2.75) is 39.0 Å². The summed E-state index contributed by atoms with van der Waals surface area (Å²) >= 11 is 0. The molecule has 0 atom stereocenters. The van der Waals surface area contributed by atoms with Crippen LogP contribution in [0.2, 0.25) is 0 Å². The number of amides is 2. The minimum atomic E-state index is -0.139. The van der Waals surface area contributed by atoms with Crippen LogP contribution in [0, 0.1) is 12.8 Å². The van der Waals surface area contributed by atoms with Crippen molar-refractivity contribution in [3.63, 3.8) is 0 Å². The van der Waals surface area contributed by atoms with Gasteiger partial charge in [0.1, 0.15) is 11.6 Å². The summed E-state index contributed by atoms with van der Waals surface area (Å²) in [5.41, 5.74) is 0.633. The molecule has 0 radical (unpaired) electrons. The quantitative estimate of drug-likeness (QED) is 0.843. The molecule has 7 nitrogen and oxygen atoms in total. The summed E-state index contributed by atoms with van der Waals surface area (Å²) in [7, 11) is 0. The maximum absolute atomic E-state index is 12.0. The smallest absolute Gasteiger partial charge is 0.226 e. The second-order valence-electron chi connectivity index (χ2n) is 6.32. The van der Waals surface area contributed by atoms with Crippen LogP contribution in [-0.4, -0.2) is 32.9 Å². The molecule has 2 N–H and O–H groups in total. The number of hydrogen-bond acceptors (Lipinski definition) is 4. The molecule has 3 rings (SSSR count). The molecule has 132 valence electrons. The van der Waals surface area contributed by atoms with Crippen molar-refractivity contribution in [1.29, 1.82) is 0 Å². The van der Waals surface area contributed by atoms with Crippen LogP contribution in [0.4, 0.5) is 5.69 Å². The molecule has 0 aliphatic heterocycles. The van der Waals surface area contributed by atoms with E-state index in [4.69, 9.17) is 0 Å². The highest BCUT2D eigenvalue weighted by atomic mass is 16.2. The SMILES string of the molecule is Cc1nccn1-c1ccc(NC(=O)CCNC(=O)C2CCCC2)cn1. The average Bonchev–Trinajstić information content (AvgIpc) is 3.27. The monoisotopic (exact) mass is 341 g/mol. The van der Waals surface area contributed by atoms with Gasteiger partial charge in [-0.1, -0.05) is 12.8 Å². The van der Waals surface area contributed by atoms with Crippen LogP contribution in [0.5, 0.6) is 0 Å². The van der Waals surface area contributed by atoms with E-state index in [2.05, 4.69) is 20.6 Å². The molecule has 1 saturated carbocycles. The minimum Gasteiger partial charge on any atom is -0.355 e. The van der Waals surface area contributed by atoms with Crippen LogP contribution in [0.3, 0.4) is 0 Å². The third kappa shape index (κ3) is 4.43. The molecule has 2 amide bonds. The fourth-order valence-corrected chi connectivity index (χ4v) is 3.08. The van der Waals surface area contributed by atoms with E-state index in [1.807, 2.05) is 23.8 Å². The lowest BCUT2D eigenvalue weighted by molar-refractivity contribution is -0.124. The van der Waals surface area contributed by atoms with Gasteiger partial charge in [-0.3, -0.25) is 14.2 Å². The summed E-state index contributed by atoms with van der Waals surface area (Å²) < 4.78 is 1.87. The summed E-state index contributed by atoms with van der Waals surface area (Å²) in [6.07, 6.45) is 9.60.